The summed E-state index contributed by atoms with van der Waals surface area (Å²) < 4.78 is 8.48. The van der Waals surface area contributed by atoms with Crippen molar-refractivity contribution < 1.29 is 19.7 Å². The molecule has 0 aliphatic carbocycles. The molecule has 4 aromatic heterocycles. The number of rotatable bonds is 5. The molecule has 5 heterocycles. The van der Waals surface area contributed by atoms with Crippen LogP contribution in [0.15, 0.2) is 36.9 Å². The summed E-state index contributed by atoms with van der Waals surface area (Å²) >= 11 is 0. The molecule has 0 radical (unpaired) electrons. The van der Waals surface area contributed by atoms with Crippen molar-refractivity contribution in [2.75, 3.05) is 19.4 Å². The Morgan fingerprint density at radius 3 is 2.70 bits per heavy atom. The highest BCUT2D eigenvalue weighted by atomic mass is 16.6. The molecule has 1 amide bonds. The Kier molecular flexibility index (Phi) is 5.16. The van der Waals surface area contributed by atoms with Crippen molar-refractivity contribution in [2.45, 2.75) is 24.5 Å². The number of likely N-dealkylation sites (N-methyl/N-ethyl adjacent to an activating group) is 1. The van der Waals surface area contributed by atoms with E-state index >= 15 is 0 Å². The molecule has 4 aromatic rings. The summed E-state index contributed by atoms with van der Waals surface area (Å²) in [7, 11) is 3.10. The first kappa shape index (κ1) is 20.9. The van der Waals surface area contributed by atoms with Gasteiger partial charge in [-0.2, -0.15) is 14.6 Å². The van der Waals surface area contributed by atoms with E-state index in [0.717, 1.165) is 0 Å². The number of imidazole rings is 1. The molecular weight excluding hydrogens is 432 g/mol. The van der Waals surface area contributed by atoms with Crippen LogP contribution in [0.4, 0.5) is 5.82 Å². The topological polar surface area (TPSA) is 178 Å². The number of nitrogens with zero attached hydrogens (tertiary/aromatic N) is 8. The number of nitrogens with one attached hydrogen (secondary N) is 2. The van der Waals surface area contributed by atoms with Gasteiger partial charge in [-0.05, 0) is 12.1 Å². The van der Waals surface area contributed by atoms with Gasteiger partial charge in [0.1, 0.15) is 17.9 Å². The molecule has 4 N–H and O–H groups in total. The van der Waals surface area contributed by atoms with Crippen molar-refractivity contribution in [1.82, 2.24) is 44.8 Å². The summed E-state index contributed by atoms with van der Waals surface area (Å²) in [5.74, 6) is 0.0306. The number of anilines is 1. The van der Waals surface area contributed by atoms with Gasteiger partial charge >= 0.3 is 0 Å². The average Bonchev–Trinajstić information content (AvgIpc) is 3.57. The Hall–Kier alpha value is -4.01. The molecule has 1 unspecified atom stereocenters. The largest absolute Gasteiger partial charge is 0.387 e. The zero-order valence-electron chi connectivity index (χ0n) is 17.6. The predicted molar refractivity (Wildman–Crippen MR) is 113 cm³/mol. The summed E-state index contributed by atoms with van der Waals surface area (Å²) in [5.41, 5.74) is 1.87. The monoisotopic (exact) mass is 452 g/mol. The number of aliphatic hydroxyl groups is 2. The molecule has 0 spiro atoms. The number of carbonyl (C=O) groups is 1. The fourth-order valence-electron chi connectivity index (χ4n) is 3.61. The quantitative estimate of drug-likeness (QED) is 0.288. The number of ether oxygens (including phenoxy) is 1. The second-order valence-corrected chi connectivity index (χ2v) is 7.25. The van der Waals surface area contributed by atoms with Gasteiger partial charge in [0.15, 0.2) is 29.3 Å². The van der Waals surface area contributed by atoms with Crippen molar-refractivity contribution in [3.8, 4) is 17.3 Å². The van der Waals surface area contributed by atoms with E-state index in [2.05, 4.69) is 40.9 Å². The van der Waals surface area contributed by atoms with E-state index < -0.39 is 30.4 Å². The van der Waals surface area contributed by atoms with E-state index in [1.807, 2.05) is 6.07 Å². The van der Waals surface area contributed by atoms with E-state index in [1.165, 1.54) is 22.6 Å². The maximum atomic E-state index is 12.0. The van der Waals surface area contributed by atoms with Crippen molar-refractivity contribution >= 4 is 22.9 Å². The third-order valence-corrected chi connectivity index (χ3v) is 5.29. The number of aromatic nitrogens is 8. The smallest absolute Gasteiger partial charge is 0.256 e. The first-order chi connectivity index (χ1) is 16.0. The summed E-state index contributed by atoms with van der Waals surface area (Å²) in [6.07, 6.45) is -0.458. The van der Waals surface area contributed by atoms with Gasteiger partial charge in [-0.3, -0.25) is 14.3 Å². The van der Waals surface area contributed by atoms with Gasteiger partial charge in [0.05, 0.1) is 18.2 Å². The minimum Gasteiger partial charge on any atom is -0.387 e. The zero-order valence-corrected chi connectivity index (χ0v) is 17.6. The minimum atomic E-state index is -1.42. The maximum absolute atomic E-state index is 12.0. The molecule has 0 bridgehead atoms. The number of fused-ring (bicyclic) bond motifs is 1. The van der Waals surface area contributed by atoms with Crippen LogP contribution in [0.25, 0.3) is 28.5 Å². The highest BCUT2D eigenvalue weighted by Gasteiger charge is 2.47. The standard InChI is InChI=1S/C19H20N10O4/c1-20-15-11-16(28(8-23-11)18-13(31)12(30)14(33-18)17(32)21-2)25-19(24-15)29-7-10(26-27-29)9-5-3-4-6-22-9/h3-8,12-14,18,30-31H,1-2H3,(H,21,32)(H,20,24,25)/t12-,13+,14?,18+/m0/s1. The van der Waals surface area contributed by atoms with E-state index in [-0.39, 0.29) is 5.95 Å². The van der Waals surface area contributed by atoms with Gasteiger partial charge in [-0.15, -0.1) is 5.10 Å². The second-order valence-electron chi connectivity index (χ2n) is 7.25. The van der Waals surface area contributed by atoms with Crippen LogP contribution in [0.2, 0.25) is 0 Å². The van der Waals surface area contributed by atoms with Crippen molar-refractivity contribution in [2.24, 2.45) is 0 Å². The Balaban J connectivity index is 1.57. The number of hydrogen-bond donors (Lipinski definition) is 4. The zero-order chi connectivity index (χ0) is 23.1. The van der Waals surface area contributed by atoms with Crippen molar-refractivity contribution in [3.05, 3.63) is 36.9 Å². The third kappa shape index (κ3) is 3.45. The van der Waals surface area contributed by atoms with E-state index in [0.29, 0.717) is 28.4 Å². The fraction of sp³-hybridized carbons (Fsp3) is 0.316. The SMILES string of the molecule is CNC(=O)C1O[C@@H](n2cnc3c(NC)nc(-n4cc(-c5ccccn5)nn4)nc32)[C@H](O)[C@@H]1O. The Morgan fingerprint density at radius 2 is 1.97 bits per heavy atom. The predicted octanol–water partition coefficient (Wildman–Crippen LogP) is -1.12. The van der Waals surface area contributed by atoms with Crippen molar-refractivity contribution in [1.29, 1.82) is 0 Å². The lowest BCUT2D eigenvalue weighted by molar-refractivity contribution is -0.137. The van der Waals surface area contributed by atoms with Gasteiger partial charge in [0, 0.05) is 20.3 Å². The van der Waals surface area contributed by atoms with Crippen LogP contribution in [0.1, 0.15) is 6.23 Å². The van der Waals surface area contributed by atoms with Crippen LogP contribution < -0.4 is 10.6 Å². The molecule has 14 heteroatoms. The second kappa shape index (κ2) is 8.16. The average molecular weight is 452 g/mol. The van der Waals surface area contributed by atoms with Gasteiger partial charge < -0.3 is 25.6 Å². The molecule has 5 rings (SSSR count). The molecule has 170 valence electrons. The van der Waals surface area contributed by atoms with Gasteiger partial charge in [-0.1, -0.05) is 11.3 Å². The Morgan fingerprint density at radius 1 is 1.12 bits per heavy atom. The minimum absolute atomic E-state index is 0.180. The van der Waals surface area contributed by atoms with E-state index in [1.54, 1.807) is 31.6 Å². The molecule has 1 saturated heterocycles. The van der Waals surface area contributed by atoms with Crippen LogP contribution in [-0.4, -0.2) is 88.0 Å². The van der Waals surface area contributed by atoms with Crippen LogP contribution in [-0.2, 0) is 9.53 Å². The molecule has 14 nitrogen and oxygen atoms in total. The maximum Gasteiger partial charge on any atom is 0.256 e. The number of aliphatic hydroxyl groups excluding tert-OH is 2. The molecule has 0 aromatic carbocycles. The van der Waals surface area contributed by atoms with Crippen LogP contribution >= 0.6 is 0 Å². The number of amides is 1. The lowest BCUT2D eigenvalue weighted by Crippen LogP contribution is -2.41. The number of hydrogen-bond acceptors (Lipinski definition) is 11. The summed E-state index contributed by atoms with van der Waals surface area (Å²) in [6.45, 7) is 0. The van der Waals surface area contributed by atoms with Gasteiger partial charge in [-0.25, -0.2) is 4.98 Å². The number of carbonyl (C=O) groups excluding carboxylic acids is 1. The van der Waals surface area contributed by atoms with Crippen molar-refractivity contribution in [3.63, 3.8) is 0 Å². The molecule has 0 saturated carbocycles. The van der Waals surface area contributed by atoms with Crippen LogP contribution in [0.3, 0.4) is 0 Å². The first-order valence-corrected chi connectivity index (χ1v) is 10.0. The third-order valence-electron chi connectivity index (χ3n) is 5.29. The summed E-state index contributed by atoms with van der Waals surface area (Å²) in [4.78, 5) is 29.6. The molecular formula is C19H20N10O4. The molecule has 1 aliphatic heterocycles. The molecule has 4 atom stereocenters. The molecule has 33 heavy (non-hydrogen) atoms. The fourth-order valence-corrected chi connectivity index (χ4v) is 3.61. The summed E-state index contributed by atoms with van der Waals surface area (Å²) in [6, 6.07) is 5.45. The Labute approximate surface area is 186 Å². The van der Waals surface area contributed by atoms with E-state index in [9.17, 15) is 15.0 Å². The normalized spacial score (nSPS) is 22.5. The lowest BCUT2D eigenvalue weighted by atomic mass is 10.1. The molecule has 1 fully saturated rings. The molecule has 1 aliphatic rings. The van der Waals surface area contributed by atoms with E-state index in [4.69, 9.17) is 4.74 Å². The highest BCUT2D eigenvalue weighted by molar-refractivity contribution is 5.84. The number of pyridine rings is 1. The lowest BCUT2D eigenvalue weighted by Gasteiger charge is -2.16. The van der Waals surface area contributed by atoms with Gasteiger partial charge in [0.2, 0.25) is 0 Å². The van der Waals surface area contributed by atoms with Gasteiger partial charge in [0.25, 0.3) is 11.9 Å². The first-order valence-electron chi connectivity index (χ1n) is 10.0. The Bertz CT molecular complexity index is 1310. The summed E-state index contributed by atoms with van der Waals surface area (Å²) in [5, 5.41) is 34.5. The van der Waals surface area contributed by atoms with Crippen LogP contribution in [0, 0.1) is 0 Å². The highest BCUT2D eigenvalue weighted by Crippen LogP contribution is 2.32. The van der Waals surface area contributed by atoms with Crippen LogP contribution in [0.5, 0.6) is 0 Å².